The molecule has 1 aliphatic heterocycles. The monoisotopic (exact) mass is 268 g/mol. The second kappa shape index (κ2) is 5.06. The fourth-order valence-electron chi connectivity index (χ4n) is 2.23. The third kappa shape index (κ3) is 3.93. The summed E-state index contributed by atoms with van der Waals surface area (Å²) in [6.45, 7) is 17.4. The normalized spacial score (nSPS) is 22.7. The van der Waals surface area contributed by atoms with Crippen LogP contribution >= 0.6 is 0 Å². The molecular weight excluding hydrogens is 242 g/mol. The number of hydrogen-bond donors (Lipinski definition) is 0. The van der Waals surface area contributed by atoms with E-state index in [1.807, 2.05) is 48.5 Å². The zero-order valence-corrected chi connectivity index (χ0v) is 13.3. The highest BCUT2D eigenvalue weighted by Gasteiger charge is 2.53. The van der Waals surface area contributed by atoms with Gasteiger partial charge in [0.1, 0.15) is 5.73 Å². The molecule has 4 heteroatoms. The van der Waals surface area contributed by atoms with E-state index >= 15 is 0 Å². The predicted molar refractivity (Wildman–Crippen MR) is 78.5 cm³/mol. The molecule has 0 N–H and O–H groups in total. The van der Waals surface area contributed by atoms with Crippen LogP contribution in [0.2, 0.25) is 0 Å². The van der Waals surface area contributed by atoms with Crippen LogP contribution < -0.4 is 0 Å². The fraction of sp³-hybridized carbons (Fsp3) is 0.733. The number of rotatable bonds is 4. The number of halogens is 1. The van der Waals surface area contributed by atoms with E-state index in [2.05, 4.69) is 6.58 Å². The minimum Gasteiger partial charge on any atom is -0.398 e. The van der Waals surface area contributed by atoms with Crippen molar-refractivity contribution in [2.45, 2.75) is 66.1 Å². The second-order valence-corrected chi connectivity index (χ2v) is 7.24. The minimum absolute atomic E-state index is 0.292. The Bertz CT molecular complexity index is 381. The van der Waals surface area contributed by atoms with Crippen molar-refractivity contribution in [2.24, 2.45) is 5.41 Å². The first kappa shape index (κ1) is 16.4. The van der Waals surface area contributed by atoms with E-state index in [1.165, 1.54) is 0 Å². The molecule has 1 fully saturated rings. The standard InChI is InChI=1S/C15H26BFO2/c1-11(2)9-13(3,4)10-12(17)16-18-14(5,6)15(7,8)19-16/h10H,1,9H2,2-8H3. The van der Waals surface area contributed by atoms with E-state index in [9.17, 15) is 4.39 Å². The van der Waals surface area contributed by atoms with Gasteiger partial charge in [0.2, 0.25) is 0 Å². The van der Waals surface area contributed by atoms with Crippen LogP contribution in [-0.4, -0.2) is 18.3 Å². The van der Waals surface area contributed by atoms with Crippen LogP contribution in [-0.2, 0) is 9.31 Å². The van der Waals surface area contributed by atoms with Crippen LogP contribution in [0.15, 0.2) is 24.0 Å². The second-order valence-electron chi connectivity index (χ2n) is 7.24. The van der Waals surface area contributed by atoms with Gasteiger partial charge in [-0.1, -0.05) is 25.5 Å². The SMILES string of the molecule is C=C(C)CC(C)(C)C=C(F)B1OC(C)(C)C(C)(C)O1. The zero-order valence-electron chi connectivity index (χ0n) is 13.3. The lowest BCUT2D eigenvalue weighted by Gasteiger charge is -2.32. The molecule has 1 aliphatic rings. The molecule has 1 heterocycles. The molecule has 1 rings (SSSR count). The van der Waals surface area contributed by atoms with E-state index in [-0.39, 0.29) is 11.1 Å². The molecule has 0 saturated carbocycles. The van der Waals surface area contributed by atoms with Crippen molar-refractivity contribution in [3.63, 3.8) is 0 Å². The van der Waals surface area contributed by atoms with Gasteiger partial charge in [-0.15, -0.1) is 6.58 Å². The maximum Gasteiger partial charge on any atom is 0.524 e. The first-order valence-electron chi connectivity index (χ1n) is 6.75. The summed E-state index contributed by atoms with van der Waals surface area (Å²) in [6.07, 6.45) is 2.32. The molecule has 0 aliphatic carbocycles. The molecule has 0 aromatic heterocycles. The molecule has 1 saturated heterocycles. The zero-order chi connectivity index (χ0) is 15.1. The Morgan fingerprint density at radius 3 is 2.00 bits per heavy atom. The van der Waals surface area contributed by atoms with Crippen molar-refractivity contribution in [3.8, 4) is 0 Å². The molecule has 0 bridgehead atoms. The van der Waals surface area contributed by atoms with Gasteiger partial charge in [0.05, 0.1) is 11.2 Å². The van der Waals surface area contributed by atoms with E-state index in [0.717, 1.165) is 12.0 Å². The summed E-state index contributed by atoms with van der Waals surface area (Å²) in [5.41, 5.74) is -0.643. The van der Waals surface area contributed by atoms with Crippen LogP contribution in [0.1, 0.15) is 54.9 Å². The van der Waals surface area contributed by atoms with E-state index in [0.29, 0.717) is 0 Å². The maximum absolute atomic E-state index is 14.3. The molecular formula is C15H26BFO2. The topological polar surface area (TPSA) is 18.5 Å². The molecule has 2 nitrogen and oxygen atoms in total. The summed E-state index contributed by atoms with van der Waals surface area (Å²) in [7, 11) is -0.908. The van der Waals surface area contributed by atoms with Gasteiger partial charge in [0.15, 0.2) is 0 Å². The van der Waals surface area contributed by atoms with Crippen molar-refractivity contribution < 1.29 is 13.7 Å². The molecule has 108 valence electrons. The van der Waals surface area contributed by atoms with Gasteiger partial charge in [0, 0.05) is 0 Å². The Hall–Kier alpha value is -0.605. The summed E-state index contributed by atoms with van der Waals surface area (Å²) < 4.78 is 25.7. The first-order valence-corrected chi connectivity index (χ1v) is 6.75. The van der Waals surface area contributed by atoms with Crippen LogP contribution in [0.25, 0.3) is 0 Å². The van der Waals surface area contributed by atoms with Gasteiger partial charge < -0.3 is 9.31 Å². The van der Waals surface area contributed by atoms with Gasteiger partial charge >= 0.3 is 7.12 Å². The quantitative estimate of drug-likeness (QED) is 0.553. The highest BCUT2D eigenvalue weighted by molar-refractivity contribution is 6.53. The van der Waals surface area contributed by atoms with Gasteiger partial charge in [-0.2, -0.15) is 0 Å². The van der Waals surface area contributed by atoms with Crippen molar-refractivity contribution in [3.05, 3.63) is 24.0 Å². The summed E-state index contributed by atoms with van der Waals surface area (Å²) in [5.74, 6) is 0. The molecule has 0 atom stereocenters. The minimum atomic E-state index is -0.908. The van der Waals surface area contributed by atoms with Crippen LogP contribution in [0.3, 0.4) is 0 Å². The molecule has 0 aromatic rings. The Morgan fingerprint density at radius 1 is 1.21 bits per heavy atom. The van der Waals surface area contributed by atoms with Gasteiger partial charge in [0.25, 0.3) is 0 Å². The lowest BCUT2D eigenvalue weighted by Crippen LogP contribution is -2.41. The molecule has 0 spiro atoms. The highest BCUT2D eigenvalue weighted by Crippen LogP contribution is 2.39. The van der Waals surface area contributed by atoms with Crippen LogP contribution in [0.5, 0.6) is 0 Å². The summed E-state index contributed by atoms with van der Waals surface area (Å²) in [4.78, 5) is 0. The fourth-order valence-corrected chi connectivity index (χ4v) is 2.23. The van der Waals surface area contributed by atoms with Crippen molar-refractivity contribution in [1.82, 2.24) is 0 Å². The highest BCUT2D eigenvalue weighted by atomic mass is 19.1. The van der Waals surface area contributed by atoms with Gasteiger partial charge in [-0.25, -0.2) is 4.39 Å². The Balaban J connectivity index is 2.86. The Kier molecular flexibility index (Phi) is 4.38. The van der Waals surface area contributed by atoms with E-state index in [1.54, 1.807) is 6.08 Å². The average molecular weight is 268 g/mol. The summed E-state index contributed by atoms with van der Waals surface area (Å²) >= 11 is 0. The number of hydrogen-bond acceptors (Lipinski definition) is 2. The third-order valence-electron chi connectivity index (χ3n) is 3.76. The largest absolute Gasteiger partial charge is 0.524 e. The van der Waals surface area contributed by atoms with Crippen LogP contribution in [0, 0.1) is 5.41 Å². The molecule has 0 amide bonds. The summed E-state index contributed by atoms with van der Waals surface area (Å²) in [6, 6.07) is 0. The Morgan fingerprint density at radius 2 is 1.63 bits per heavy atom. The van der Waals surface area contributed by atoms with Crippen molar-refractivity contribution in [1.29, 1.82) is 0 Å². The summed E-state index contributed by atoms with van der Waals surface area (Å²) in [5, 5.41) is 0. The van der Waals surface area contributed by atoms with E-state index < -0.39 is 18.3 Å². The maximum atomic E-state index is 14.3. The molecule has 0 unspecified atom stereocenters. The van der Waals surface area contributed by atoms with Crippen LogP contribution in [0.4, 0.5) is 4.39 Å². The number of allylic oxidation sites excluding steroid dienone is 2. The molecule has 0 aromatic carbocycles. The smallest absolute Gasteiger partial charge is 0.398 e. The van der Waals surface area contributed by atoms with E-state index in [4.69, 9.17) is 9.31 Å². The van der Waals surface area contributed by atoms with Gasteiger partial charge in [-0.05, 0) is 46.5 Å². The first-order chi connectivity index (χ1) is 8.36. The lowest BCUT2D eigenvalue weighted by molar-refractivity contribution is 0.00578. The molecule has 0 radical (unpaired) electrons. The predicted octanol–water partition coefficient (Wildman–Crippen LogP) is 4.46. The van der Waals surface area contributed by atoms with Crippen molar-refractivity contribution in [2.75, 3.05) is 0 Å². The molecule has 19 heavy (non-hydrogen) atoms. The van der Waals surface area contributed by atoms with Gasteiger partial charge in [-0.3, -0.25) is 0 Å². The lowest BCUT2D eigenvalue weighted by atomic mass is 9.79. The van der Waals surface area contributed by atoms with Crippen molar-refractivity contribution >= 4 is 7.12 Å². The Labute approximate surface area is 117 Å². The third-order valence-corrected chi connectivity index (χ3v) is 3.76. The average Bonchev–Trinajstić information content (AvgIpc) is 2.32.